The number of anilines is 1. The quantitative estimate of drug-likeness (QED) is 0.614. The number of nitrogens with one attached hydrogen (secondary N) is 1. The van der Waals surface area contributed by atoms with Crippen LogP contribution in [-0.4, -0.2) is 30.7 Å². The van der Waals surface area contributed by atoms with Gasteiger partial charge in [-0.1, -0.05) is 11.6 Å². The van der Waals surface area contributed by atoms with E-state index in [4.69, 9.17) is 16.7 Å². The third-order valence-corrected chi connectivity index (χ3v) is 2.64. The van der Waals surface area contributed by atoms with Crippen molar-refractivity contribution < 1.29 is 19.4 Å². The molecule has 0 aromatic heterocycles. The number of rotatable bonds is 6. The Bertz CT molecular complexity index is 448. The van der Waals surface area contributed by atoms with Crippen molar-refractivity contribution in [3.63, 3.8) is 0 Å². The molecule has 0 radical (unpaired) electrons. The summed E-state index contributed by atoms with van der Waals surface area (Å²) in [5.74, 6) is -1.29. The number of ether oxygens (including phenoxy) is 1. The monoisotopic (exact) mass is 271 g/mol. The van der Waals surface area contributed by atoms with Crippen molar-refractivity contribution in [2.24, 2.45) is 0 Å². The Balaban J connectivity index is 2.53. The number of carboxylic acids is 1. The molecule has 0 aliphatic carbocycles. The normalized spacial score (nSPS) is 9.89. The molecule has 0 heterocycles. The molecule has 0 fully saturated rings. The summed E-state index contributed by atoms with van der Waals surface area (Å²) >= 11 is 5.92. The number of hydrogen-bond acceptors (Lipinski definition) is 4. The van der Waals surface area contributed by atoms with Crippen LogP contribution < -0.4 is 5.32 Å². The first-order valence-corrected chi connectivity index (χ1v) is 5.76. The highest BCUT2D eigenvalue weighted by atomic mass is 35.5. The molecular weight excluding hydrogens is 258 g/mol. The van der Waals surface area contributed by atoms with Crippen molar-refractivity contribution in [2.45, 2.75) is 12.8 Å². The molecule has 0 saturated heterocycles. The summed E-state index contributed by atoms with van der Waals surface area (Å²) in [6.07, 6.45) is 0.889. The molecule has 6 heteroatoms. The minimum Gasteiger partial charge on any atom is -0.478 e. The van der Waals surface area contributed by atoms with Gasteiger partial charge >= 0.3 is 11.9 Å². The Kier molecular flexibility index (Phi) is 5.45. The molecule has 1 rings (SSSR count). The van der Waals surface area contributed by atoms with Gasteiger partial charge in [-0.3, -0.25) is 4.79 Å². The number of carbonyl (C=O) groups excluding carboxylic acids is 1. The van der Waals surface area contributed by atoms with E-state index in [0.717, 1.165) is 0 Å². The molecule has 1 aromatic rings. The number of benzene rings is 1. The van der Waals surface area contributed by atoms with E-state index in [0.29, 0.717) is 30.1 Å². The van der Waals surface area contributed by atoms with Gasteiger partial charge in [0.1, 0.15) is 0 Å². The average molecular weight is 272 g/mol. The van der Waals surface area contributed by atoms with E-state index in [1.54, 1.807) is 0 Å². The van der Waals surface area contributed by atoms with Crippen LogP contribution >= 0.6 is 11.6 Å². The molecule has 2 N–H and O–H groups in total. The highest BCUT2D eigenvalue weighted by Gasteiger charge is 2.07. The van der Waals surface area contributed by atoms with E-state index >= 15 is 0 Å². The summed E-state index contributed by atoms with van der Waals surface area (Å²) in [6, 6.07) is 4.42. The molecule has 0 bridgehead atoms. The lowest BCUT2D eigenvalue weighted by atomic mass is 10.2. The molecule has 5 nitrogen and oxygen atoms in total. The lowest BCUT2D eigenvalue weighted by molar-refractivity contribution is -0.140. The van der Waals surface area contributed by atoms with Crippen molar-refractivity contribution in [2.75, 3.05) is 19.0 Å². The SMILES string of the molecule is COC(=O)CCCNc1cc(C(=O)O)ccc1Cl. The molecular formula is C12H14ClNO4. The number of hydrogen-bond donors (Lipinski definition) is 2. The topological polar surface area (TPSA) is 75.6 Å². The first-order valence-electron chi connectivity index (χ1n) is 5.38. The van der Waals surface area contributed by atoms with Crippen LogP contribution in [-0.2, 0) is 9.53 Å². The zero-order valence-electron chi connectivity index (χ0n) is 9.90. The lowest BCUT2D eigenvalue weighted by Gasteiger charge is -2.08. The van der Waals surface area contributed by atoms with Gasteiger partial charge in [0.25, 0.3) is 0 Å². The molecule has 98 valence electrons. The van der Waals surface area contributed by atoms with Crippen molar-refractivity contribution >= 4 is 29.2 Å². The summed E-state index contributed by atoms with van der Waals surface area (Å²) in [5, 5.41) is 12.3. The number of esters is 1. The summed E-state index contributed by atoms with van der Waals surface area (Å²) in [7, 11) is 1.34. The second-order valence-electron chi connectivity index (χ2n) is 3.61. The summed E-state index contributed by atoms with van der Waals surface area (Å²) in [5.41, 5.74) is 0.705. The van der Waals surface area contributed by atoms with Crippen LogP contribution in [0.15, 0.2) is 18.2 Å². The number of aromatic carboxylic acids is 1. The number of carbonyl (C=O) groups is 2. The zero-order chi connectivity index (χ0) is 13.5. The Labute approximate surface area is 110 Å². The van der Waals surface area contributed by atoms with Crippen molar-refractivity contribution in [1.82, 2.24) is 0 Å². The van der Waals surface area contributed by atoms with Crippen molar-refractivity contribution in [3.8, 4) is 0 Å². The van der Waals surface area contributed by atoms with E-state index in [2.05, 4.69) is 10.1 Å². The van der Waals surface area contributed by atoms with E-state index in [9.17, 15) is 9.59 Å². The van der Waals surface area contributed by atoms with Gasteiger partial charge in [-0.2, -0.15) is 0 Å². The van der Waals surface area contributed by atoms with Crippen LogP contribution in [0.2, 0.25) is 5.02 Å². The third-order valence-electron chi connectivity index (χ3n) is 2.31. The number of methoxy groups -OCH3 is 1. The van der Waals surface area contributed by atoms with Gasteiger partial charge in [0, 0.05) is 13.0 Å². The van der Waals surface area contributed by atoms with Gasteiger partial charge in [0.15, 0.2) is 0 Å². The number of halogens is 1. The lowest BCUT2D eigenvalue weighted by Crippen LogP contribution is -2.07. The van der Waals surface area contributed by atoms with Crippen LogP contribution in [0.3, 0.4) is 0 Å². The van der Waals surface area contributed by atoms with Crippen LogP contribution in [0.1, 0.15) is 23.2 Å². The van der Waals surface area contributed by atoms with Crippen molar-refractivity contribution in [1.29, 1.82) is 0 Å². The minimum atomic E-state index is -1.01. The largest absolute Gasteiger partial charge is 0.478 e. The van der Waals surface area contributed by atoms with Gasteiger partial charge in [-0.15, -0.1) is 0 Å². The summed E-state index contributed by atoms with van der Waals surface area (Å²) < 4.78 is 4.51. The van der Waals surface area contributed by atoms with Gasteiger partial charge in [-0.05, 0) is 24.6 Å². The smallest absolute Gasteiger partial charge is 0.335 e. The van der Waals surface area contributed by atoms with E-state index in [1.165, 1.54) is 25.3 Å². The molecule has 0 spiro atoms. The summed E-state index contributed by atoms with van der Waals surface area (Å²) in [4.78, 5) is 21.7. The Hall–Kier alpha value is -1.75. The highest BCUT2D eigenvalue weighted by molar-refractivity contribution is 6.33. The maximum atomic E-state index is 10.9. The molecule has 0 atom stereocenters. The standard InChI is InChI=1S/C12H14ClNO4/c1-18-11(15)3-2-6-14-10-7-8(12(16)17)4-5-9(10)13/h4-5,7,14H,2-3,6H2,1H3,(H,16,17). The fraction of sp³-hybridized carbons (Fsp3) is 0.333. The van der Waals surface area contributed by atoms with E-state index in [-0.39, 0.29) is 11.5 Å². The van der Waals surface area contributed by atoms with E-state index < -0.39 is 5.97 Å². The molecule has 0 unspecified atom stereocenters. The first-order chi connectivity index (χ1) is 8.54. The fourth-order valence-corrected chi connectivity index (χ4v) is 1.54. The van der Waals surface area contributed by atoms with Gasteiger partial charge in [0.2, 0.25) is 0 Å². The molecule has 0 aliphatic heterocycles. The predicted molar refractivity (Wildman–Crippen MR) is 68.2 cm³/mol. The second kappa shape index (κ2) is 6.86. The highest BCUT2D eigenvalue weighted by Crippen LogP contribution is 2.23. The molecule has 0 amide bonds. The predicted octanol–water partition coefficient (Wildman–Crippen LogP) is 2.40. The number of carboxylic acid groups (broad SMARTS) is 1. The molecule has 1 aromatic carbocycles. The third kappa shape index (κ3) is 4.25. The van der Waals surface area contributed by atoms with E-state index in [1.807, 2.05) is 0 Å². The van der Waals surface area contributed by atoms with Crippen LogP contribution in [0.5, 0.6) is 0 Å². The summed E-state index contributed by atoms with van der Waals surface area (Å²) in [6.45, 7) is 0.512. The maximum absolute atomic E-state index is 10.9. The Morgan fingerprint density at radius 2 is 2.17 bits per heavy atom. The minimum absolute atomic E-state index is 0.162. The van der Waals surface area contributed by atoms with Gasteiger partial charge in [0.05, 0.1) is 23.4 Å². The van der Waals surface area contributed by atoms with Gasteiger partial charge in [-0.25, -0.2) is 4.79 Å². The molecule has 0 aliphatic rings. The van der Waals surface area contributed by atoms with Crippen LogP contribution in [0.4, 0.5) is 5.69 Å². The molecule has 18 heavy (non-hydrogen) atoms. The van der Waals surface area contributed by atoms with Crippen LogP contribution in [0, 0.1) is 0 Å². The Morgan fingerprint density at radius 1 is 1.44 bits per heavy atom. The second-order valence-corrected chi connectivity index (χ2v) is 4.01. The van der Waals surface area contributed by atoms with Crippen molar-refractivity contribution in [3.05, 3.63) is 28.8 Å². The zero-order valence-corrected chi connectivity index (χ0v) is 10.7. The van der Waals surface area contributed by atoms with Crippen LogP contribution in [0.25, 0.3) is 0 Å². The fourth-order valence-electron chi connectivity index (χ4n) is 1.35. The van der Waals surface area contributed by atoms with Gasteiger partial charge < -0.3 is 15.2 Å². The maximum Gasteiger partial charge on any atom is 0.335 e. The molecule has 0 saturated carbocycles. The first kappa shape index (κ1) is 14.3. The Morgan fingerprint density at radius 3 is 2.78 bits per heavy atom. The average Bonchev–Trinajstić information content (AvgIpc) is 2.35.